The highest BCUT2D eigenvalue weighted by Gasteiger charge is 2.21. The third kappa shape index (κ3) is 42.0. The Labute approximate surface area is 298 Å². The minimum absolute atomic E-state index is 0.0384. The molecule has 1 aromatic carbocycles. The Morgan fingerprint density at radius 1 is 0.714 bits per heavy atom. The zero-order valence-electron chi connectivity index (χ0n) is 32.9. The van der Waals surface area contributed by atoms with Crippen LogP contribution in [-0.4, -0.2) is 61.1 Å². The van der Waals surface area contributed by atoms with Gasteiger partial charge in [-0.25, -0.2) is 4.79 Å². The van der Waals surface area contributed by atoms with E-state index in [1.807, 2.05) is 65.8 Å². The second-order valence-electron chi connectivity index (χ2n) is 9.97. The molecule has 0 aromatic heterocycles. The molecule has 12 heteroatoms. The predicted octanol–water partition coefficient (Wildman–Crippen LogP) is 6.41. The molecule has 0 saturated heterocycles. The van der Waals surface area contributed by atoms with E-state index in [1.165, 1.54) is 18.9 Å². The van der Waals surface area contributed by atoms with Gasteiger partial charge in [0.1, 0.15) is 11.8 Å². The number of hydrogen-bond acceptors (Lipinski definition) is 6. The first kappa shape index (κ1) is 54.5. The van der Waals surface area contributed by atoms with Crippen LogP contribution in [0.3, 0.4) is 0 Å². The molecule has 0 fully saturated rings. The first-order chi connectivity index (χ1) is 23.4. The molecular weight excluding hydrogens is 624 g/mol. The molecule has 6 amide bonds. The van der Waals surface area contributed by atoms with Crippen molar-refractivity contribution in [3.63, 3.8) is 0 Å². The van der Waals surface area contributed by atoms with E-state index in [0.29, 0.717) is 31.5 Å². The van der Waals surface area contributed by atoms with Crippen LogP contribution in [0.15, 0.2) is 24.3 Å². The van der Waals surface area contributed by atoms with Gasteiger partial charge in [0.15, 0.2) is 0 Å². The predicted molar refractivity (Wildman–Crippen MR) is 204 cm³/mol. The maximum atomic E-state index is 12.7. The first-order valence-corrected chi connectivity index (χ1v) is 18.1. The summed E-state index contributed by atoms with van der Waals surface area (Å²) in [7, 11) is 0. The summed E-state index contributed by atoms with van der Waals surface area (Å²) in [6.07, 6.45) is 6.77. The number of benzene rings is 1. The number of nitrogens with one attached hydrogen (secondary N) is 5. The van der Waals surface area contributed by atoms with Gasteiger partial charge >= 0.3 is 6.03 Å². The zero-order valence-corrected chi connectivity index (χ0v) is 32.9. The van der Waals surface area contributed by atoms with Crippen molar-refractivity contribution in [2.24, 2.45) is 5.73 Å². The van der Waals surface area contributed by atoms with Crippen LogP contribution in [-0.2, 0) is 30.4 Å². The lowest BCUT2D eigenvalue weighted by Crippen LogP contribution is -2.47. The van der Waals surface area contributed by atoms with E-state index < -0.39 is 18.0 Å². The van der Waals surface area contributed by atoms with Crippen LogP contribution in [0.4, 0.5) is 10.5 Å². The van der Waals surface area contributed by atoms with E-state index in [-0.39, 0.29) is 43.0 Å². The van der Waals surface area contributed by atoms with Gasteiger partial charge in [0.25, 0.3) is 0 Å². The molecule has 1 unspecified atom stereocenters. The molecule has 12 nitrogen and oxygen atoms in total. The molecule has 1 rings (SSSR count). The Bertz CT molecular complexity index is 955. The number of rotatable bonds is 17. The largest absolute Gasteiger partial charge is 0.356 e. The van der Waals surface area contributed by atoms with Crippen molar-refractivity contribution in [1.29, 1.82) is 0 Å². The number of hydrogen-bond donors (Lipinski definition) is 6. The van der Waals surface area contributed by atoms with Crippen molar-refractivity contribution in [3.8, 4) is 0 Å². The van der Waals surface area contributed by atoms with Crippen molar-refractivity contribution < 1.29 is 28.8 Å². The first-order valence-electron chi connectivity index (χ1n) is 18.1. The molecule has 0 saturated carbocycles. The summed E-state index contributed by atoms with van der Waals surface area (Å²) in [5.41, 5.74) is 6.87. The Kier molecular flexibility index (Phi) is 46.8. The Balaban J connectivity index is -0.000000281. The highest BCUT2D eigenvalue weighted by Crippen LogP contribution is 2.13. The highest BCUT2D eigenvalue weighted by molar-refractivity contribution is 5.97. The van der Waals surface area contributed by atoms with Crippen molar-refractivity contribution in [1.82, 2.24) is 21.3 Å². The van der Waals surface area contributed by atoms with Gasteiger partial charge < -0.3 is 37.1 Å². The molecule has 7 N–H and O–H groups in total. The third-order valence-electron chi connectivity index (χ3n) is 5.51. The minimum Gasteiger partial charge on any atom is -0.356 e. The van der Waals surface area contributed by atoms with E-state index in [9.17, 15) is 28.8 Å². The second kappa shape index (κ2) is 42.1. The van der Waals surface area contributed by atoms with Gasteiger partial charge in [-0.05, 0) is 56.7 Å². The number of ketones is 1. The number of carbonyl (C=O) groups is 6. The molecule has 286 valence electrons. The van der Waals surface area contributed by atoms with Crippen LogP contribution in [0.1, 0.15) is 140 Å². The molecule has 1 aromatic rings. The average Bonchev–Trinajstić information content (AvgIpc) is 3.09. The fraction of sp³-hybridized carbons (Fsp3) is 0.676. The van der Waals surface area contributed by atoms with Crippen molar-refractivity contribution in [3.05, 3.63) is 29.8 Å². The summed E-state index contributed by atoms with van der Waals surface area (Å²) in [4.78, 5) is 67.6. The van der Waals surface area contributed by atoms with E-state index >= 15 is 0 Å². The number of unbranched alkanes of at least 4 members (excludes halogenated alkanes) is 1. The van der Waals surface area contributed by atoms with Crippen molar-refractivity contribution >= 4 is 41.1 Å². The number of primary amides is 1. The molecule has 0 aliphatic heterocycles. The average molecular weight is 697 g/mol. The Hall–Kier alpha value is -3.96. The quantitative estimate of drug-likeness (QED) is 0.102. The summed E-state index contributed by atoms with van der Waals surface area (Å²) in [5.74, 6) is -0.950. The SMILES string of the molecule is CC.CC.CC.CC(=O)CCCNC(C)=O.CCC.CCCCc1ccc(NC(=O)C(CCCNC(N)=O)NC(=O)CNC(=O)CC)cc1. The zero-order chi connectivity index (χ0) is 39.0. The number of anilines is 1. The lowest BCUT2D eigenvalue weighted by molar-refractivity contribution is -0.128. The number of aryl methyl sites for hydroxylation is 1. The van der Waals surface area contributed by atoms with Crippen LogP contribution in [0.2, 0.25) is 0 Å². The molecule has 0 aliphatic carbocycles. The minimum atomic E-state index is -0.814. The standard InChI is InChI=1S/C21H33N5O4.C7H13NO2.C3H8.3C2H6/c1-3-5-7-15-9-11-16(12-10-15)25-20(29)17(8-6-13-23-21(22)30)26-19(28)14-24-18(27)4-2;1-6(9)4-3-5-8-7(2)10;1-3-2;3*1-2/h9-12,17H,3-8,13-14H2,1-2H3,(H,24,27)(H,25,29)(H,26,28)(H3,22,23,30);3-5H2,1-2H3,(H,8,10);3H2,1-2H3;3*1-2H3. The number of carbonyl (C=O) groups excluding carboxylic acids is 6. The van der Waals surface area contributed by atoms with Crippen LogP contribution in [0.25, 0.3) is 0 Å². The number of nitrogens with two attached hydrogens (primary N) is 1. The van der Waals surface area contributed by atoms with Gasteiger partial charge in [-0.3, -0.25) is 19.2 Å². The molecule has 0 bridgehead atoms. The summed E-state index contributed by atoms with van der Waals surface area (Å²) in [6, 6.07) is 6.14. The molecule has 1 atom stereocenters. The Morgan fingerprint density at radius 3 is 1.69 bits per heavy atom. The van der Waals surface area contributed by atoms with Gasteiger partial charge in [-0.1, -0.05) is 94.2 Å². The van der Waals surface area contributed by atoms with Gasteiger partial charge in [0, 0.05) is 38.5 Å². The summed E-state index contributed by atoms with van der Waals surface area (Å²) < 4.78 is 0. The molecule has 0 aliphatic rings. The number of amides is 6. The normalized spacial score (nSPS) is 9.47. The molecule has 0 radical (unpaired) electrons. The summed E-state index contributed by atoms with van der Waals surface area (Å²) in [5, 5.41) is 13.0. The third-order valence-corrected chi connectivity index (χ3v) is 5.51. The van der Waals surface area contributed by atoms with Crippen LogP contribution < -0.4 is 32.3 Å². The number of Topliss-reactive ketones (excluding diaryl/α,β-unsaturated/α-hetero) is 1. The molecular formula is C37H72N6O6. The maximum absolute atomic E-state index is 12.7. The van der Waals surface area contributed by atoms with E-state index in [1.54, 1.807) is 13.8 Å². The van der Waals surface area contributed by atoms with E-state index in [4.69, 9.17) is 5.73 Å². The van der Waals surface area contributed by atoms with Crippen LogP contribution in [0, 0.1) is 0 Å². The fourth-order valence-electron chi connectivity index (χ4n) is 3.30. The second-order valence-corrected chi connectivity index (χ2v) is 9.97. The monoisotopic (exact) mass is 697 g/mol. The van der Waals surface area contributed by atoms with Gasteiger partial charge in [0.2, 0.25) is 23.6 Å². The Morgan fingerprint density at radius 2 is 1.24 bits per heavy atom. The molecule has 0 spiro atoms. The maximum Gasteiger partial charge on any atom is 0.312 e. The van der Waals surface area contributed by atoms with E-state index in [0.717, 1.165) is 25.7 Å². The van der Waals surface area contributed by atoms with Gasteiger partial charge in [-0.15, -0.1) is 0 Å². The highest BCUT2D eigenvalue weighted by atomic mass is 16.2. The topological polar surface area (TPSA) is 189 Å². The van der Waals surface area contributed by atoms with Gasteiger partial charge in [0.05, 0.1) is 6.54 Å². The van der Waals surface area contributed by atoms with Gasteiger partial charge in [-0.2, -0.15) is 0 Å². The summed E-state index contributed by atoms with van der Waals surface area (Å²) in [6.45, 7) is 23.8. The van der Waals surface area contributed by atoms with Crippen molar-refractivity contribution in [2.45, 2.75) is 147 Å². The molecule has 49 heavy (non-hydrogen) atoms. The smallest absolute Gasteiger partial charge is 0.312 e. The van der Waals surface area contributed by atoms with E-state index in [2.05, 4.69) is 47.4 Å². The lowest BCUT2D eigenvalue weighted by atomic mass is 10.1. The van der Waals surface area contributed by atoms with Crippen molar-refractivity contribution in [2.75, 3.05) is 25.0 Å². The summed E-state index contributed by atoms with van der Waals surface area (Å²) >= 11 is 0. The number of urea groups is 1. The lowest BCUT2D eigenvalue weighted by Gasteiger charge is -2.19. The molecule has 0 heterocycles. The fourth-order valence-corrected chi connectivity index (χ4v) is 3.30. The van der Waals surface area contributed by atoms with Crippen LogP contribution >= 0.6 is 0 Å². The van der Waals surface area contributed by atoms with Crippen LogP contribution in [0.5, 0.6) is 0 Å².